The number of nitrogens with zero attached hydrogens (tertiary/aromatic N) is 2. The van der Waals surface area contributed by atoms with Crippen LogP contribution in [0.1, 0.15) is 37.1 Å². The van der Waals surface area contributed by atoms with Gasteiger partial charge in [-0.15, -0.1) is 18.2 Å². The number of halogens is 3. The van der Waals surface area contributed by atoms with Crippen molar-refractivity contribution in [2.75, 3.05) is 20.3 Å². The van der Waals surface area contributed by atoms with Gasteiger partial charge in [-0.25, -0.2) is 4.79 Å². The normalized spacial score (nSPS) is 27.6. The first-order chi connectivity index (χ1) is 19.4. The first-order valence-electron chi connectivity index (χ1n) is 13.0. The molecule has 218 valence electrons. The molecule has 9 nitrogen and oxygen atoms in total. The maximum atomic E-state index is 13.5. The Balaban J connectivity index is 1.37. The number of methoxy groups -OCH3 is 1. The quantitative estimate of drug-likeness (QED) is 0.189. The predicted octanol–water partition coefficient (Wildman–Crippen LogP) is 4.80. The highest BCUT2D eigenvalue weighted by molar-refractivity contribution is 6.06. The second-order valence-corrected chi connectivity index (χ2v) is 10.5. The molecular formula is C29H30F3N3O6. The van der Waals surface area contributed by atoms with Gasteiger partial charge in [-0.3, -0.25) is 19.3 Å². The molecule has 2 aromatic rings. The first kappa shape index (κ1) is 28.8. The topological polar surface area (TPSA) is 92.6 Å². The summed E-state index contributed by atoms with van der Waals surface area (Å²) < 4.78 is 56.1. The monoisotopic (exact) mass is 573 g/mol. The number of allylic oxidation sites excluding steroid dienone is 2. The Hall–Kier alpha value is -3.71. The van der Waals surface area contributed by atoms with Crippen LogP contribution in [0.4, 0.5) is 18.0 Å². The number of ether oxygens (including phenoxy) is 3. The van der Waals surface area contributed by atoms with E-state index >= 15 is 0 Å². The summed E-state index contributed by atoms with van der Waals surface area (Å²) in [6.07, 6.45) is 0.00345. The van der Waals surface area contributed by atoms with Crippen molar-refractivity contribution in [3.05, 3.63) is 90.0 Å². The zero-order valence-electron chi connectivity index (χ0n) is 22.6. The molecule has 3 atom stereocenters. The van der Waals surface area contributed by atoms with Gasteiger partial charge in [-0.2, -0.15) is 0 Å². The molecule has 1 N–H and O–H groups in total. The second kappa shape index (κ2) is 10.9. The number of amides is 3. The van der Waals surface area contributed by atoms with E-state index in [0.29, 0.717) is 5.75 Å². The fraction of sp³-hybridized carbons (Fsp3) is 0.379. The van der Waals surface area contributed by atoms with E-state index in [1.54, 1.807) is 50.3 Å². The maximum Gasteiger partial charge on any atom is 0.525 e. The minimum atomic E-state index is -5.01. The highest BCUT2D eigenvalue weighted by atomic mass is 19.4. The maximum absolute atomic E-state index is 13.5. The summed E-state index contributed by atoms with van der Waals surface area (Å²) in [4.78, 5) is 32.3. The molecule has 2 aromatic carbocycles. The average Bonchev–Trinajstić information content (AvgIpc) is 3.70. The molecule has 2 aliphatic heterocycles. The summed E-state index contributed by atoms with van der Waals surface area (Å²) in [5, 5.41) is 4.09. The van der Waals surface area contributed by atoms with Gasteiger partial charge >= 0.3 is 12.4 Å². The number of hydroxylamine groups is 2. The third kappa shape index (κ3) is 6.46. The zero-order chi connectivity index (χ0) is 29.4. The minimum absolute atomic E-state index is 0.192. The number of benzene rings is 2. The summed E-state index contributed by atoms with van der Waals surface area (Å²) in [5.74, 6) is -2.37. The SMILES string of the molecule is COc1ccc(C2ON2[C@H](COC2(OC(F)(F)F)C=CC(c3ccccc3)C=C2)CN2C(=O)NC(C)(C)C2=O)cc1. The van der Waals surface area contributed by atoms with E-state index in [0.717, 1.165) is 16.0 Å². The Morgan fingerprint density at radius 1 is 1.00 bits per heavy atom. The Bertz CT molecular complexity index is 1320. The van der Waals surface area contributed by atoms with Crippen LogP contribution < -0.4 is 10.1 Å². The zero-order valence-corrected chi connectivity index (χ0v) is 22.6. The number of urea groups is 1. The van der Waals surface area contributed by atoms with E-state index in [1.807, 2.05) is 30.3 Å². The predicted molar refractivity (Wildman–Crippen MR) is 140 cm³/mol. The van der Waals surface area contributed by atoms with Gasteiger partial charge in [0, 0.05) is 5.92 Å². The fourth-order valence-electron chi connectivity index (χ4n) is 4.84. The Labute approximate surface area is 235 Å². The minimum Gasteiger partial charge on any atom is -0.497 e. The summed E-state index contributed by atoms with van der Waals surface area (Å²) in [5.41, 5.74) is 0.511. The molecule has 2 unspecified atom stereocenters. The van der Waals surface area contributed by atoms with Crippen LogP contribution >= 0.6 is 0 Å². The summed E-state index contributed by atoms with van der Waals surface area (Å²) in [7, 11) is 1.54. The Morgan fingerprint density at radius 2 is 1.66 bits per heavy atom. The summed E-state index contributed by atoms with van der Waals surface area (Å²) in [6.45, 7) is 2.58. The lowest BCUT2D eigenvalue weighted by Crippen LogP contribution is -2.47. The van der Waals surface area contributed by atoms with Gasteiger partial charge in [0.2, 0.25) is 5.79 Å². The van der Waals surface area contributed by atoms with Gasteiger partial charge in [0.25, 0.3) is 5.91 Å². The van der Waals surface area contributed by atoms with E-state index in [4.69, 9.17) is 14.3 Å². The van der Waals surface area contributed by atoms with Gasteiger partial charge in [-0.05, 0) is 49.3 Å². The second-order valence-electron chi connectivity index (χ2n) is 10.5. The summed E-state index contributed by atoms with van der Waals surface area (Å²) >= 11 is 0. The van der Waals surface area contributed by atoms with Crippen LogP contribution in [0.15, 0.2) is 78.9 Å². The average molecular weight is 574 g/mol. The van der Waals surface area contributed by atoms with E-state index in [-0.39, 0.29) is 19.1 Å². The number of hydrogen-bond donors (Lipinski definition) is 1. The van der Waals surface area contributed by atoms with Crippen molar-refractivity contribution < 1.29 is 41.8 Å². The molecule has 2 saturated heterocycles. The smallest absolute Gasteiger partial charge is 0.497 e. The van der Waals surface area contributed by atoms with Gasteiger partial charge in [0.15, 0.2) is 6.23 Å². The molecule has 0 radical (unpaired) electrons. The molecule has 3 aliphatic rings. The van der Waals surface area contributed by atoms with Crippen LogP contribution in [0.5, 0.6) is 5.75 Å². The van der Waals surface area contributed by atoms with Crippen molar-refractivity contribution in [2.45, 2.75) is 49.7 Å². The number of hydrogen-bond acceptors (Lipinski definition) is 7. The first-order valence-corrected chi connectivity index (χ1v) is 13.0. The molecule has 5 rings (SSSR count). The molecule has 2 heterocycles. The van der Waals surface area contributed by atoms with E-state index in [1.165, 1.54) is 24.3 Å². The van der Waals surface area contributed by atoms with Gasteiger partial charge in [-0.1, -0.05) is 54.6 Å². The molecular weight excluding hydrogens is 543 g/mol. The van der Waals surface area contributed by atoms with Crippen LogP contribution in [-0.2, 0) is 19.1 Å². The highest BCUT2D eigenvalue weighted by Crippen LogP contribution is 2.41. The van der Waals surface area contributed by atoms with Crippen molar-refractivity contribution in [1.29, 1.82) is 0 Å². The molecule has 12 heteroatoms. The third-order valence-electron chi connectivity index (χ3n) is 7.04. The third-order valence-corrected chi connectivity index (χ3v) is 7.04. The van der Waals surface area contributed by atoms with Crippen LogP contribution in [0.2, 0.25) is 0 Å². The van der Waals surface area contributed by atoms with Crippen molar-refractivity contribution in [3.8, 4) is 5.75 Å². The largest absolute Gasteiger partial charge is 0.525 e. The Kier molecular flexibility index (Phi) is 7.68. The number of carbonyl (C=O) groups excluding carboxylic acids is 2. The molecule has 0 bridgehead atoms. The van der Waals surface area contributed by atoms with Crippen LogP contribution in [-0.4, -0.2) is 65.9 Å². The lowest BCUT2D eigenvalue weighted by molar-refractivity contribution is -0.392. The number of alkyl halides is 3. The van der Waals surface area contributed by atoms with Crippen LogP contribution in [0, 0.1) is 0 Å². The van der Waals surface area contributed by atoms with Crippen molar-refractivity contribution in [3.63, 3.8) is 0 Å². The lowest BCUT2D eigenvalue weighted by atomic mass is 9.93. The van der Waals surface area contributed by atoms with E-state index in [2.05, 4.69) is 10.1 Å². The van der Waals surface area contributed by atoms with Crippen molar-refractivity contribution in [2.24, 2.45) is 0 Å². The fourth-order valence-corrected chi connectivity index (χ4v) is 4.84. The number of nitrogens with one attached hydrogen (secondary N) is 1. The standard InChI is InChI=1S/C29H30F3N3O6/c1-27(2)25(36)34(26(37)33-27)17-22(35-24(40-35)21-9-11-23(38-3)12-10-21)18-39-28(41-29(30,31)32)15-13-20(14-16-28)19-7-5-4-6-8-19/h4-16,20,22,24H,17-18H2,1-3H3,(H,33,37)/t20?,22-,24?,28?,35?/m0/s1. The molecule has 41 heavy (non-hydrogen) atoms. The number of imide groups is 1. The molecule has 1 aliphatic carbocycles. The van der Waals surface area contributed by atoms with Gasteiger partial charge in [0.1, 0.15) is 11.3 Å². The molecule has 3 amide bonds. The van der Waals surface area contributed by atoms with Crippen LogP contribution in [0.25, 0.3) is 0 Å². The van der Waals surface area contributed by atoms with Crippen molar-refractivity contribution in [1.82, 2.24) is 15.3 Å². The molecule has 0 saturated carbocycles. The number of rotatable bonds is 10. The van der Waals surface area contributed by atoms with Crippen LogP contribution in [0.3, 0.4) is 0 Å². The molecule has 0 aromatic heterocycles. The summed E-state index contributed by atoms with van der Waals surface area (Å²) in [6, 6.07) is 14.9. The van der Waals surface area contributed by atoms with Crippen molar-refractivity contribution >= 4 is 11.9 Å². The Morgan fingerprint density at radius 3 is 2.22 bits per heavy atom. The van der Waals surface area contributed by atoms with Gasteiger partial charge < -0.3 is 14.8 Å². The highest BCUT2D eigenvalue weighted by Gasteiger charge is 2.51. The number of carbonyl (C=O) groups is 2. The van der Waals surface area contributed by atoms with E-state index < -0.39 is 41.9 Å². The lowest BCUT2D eigenvalue weighted by Gasteiger charge is -2.33. The van der Waals surface area contributed by atoms with Gasteiger partial charge in [0.05, 0.1) is 26.3 Å². The molecule has 2 fully saturated rings. The van der Waals surface area contributed by atoms with E-state index in [9.17, 15) is 22.8 Å². The molecule has 0 spiro atoms.